The number of terminal acetylenes is 1. The molecule has 0 aliphatic heterocycles. The van der Waals surface area contributed by atoms with Gasteiger partial charge in [-0.2, -0.15) is 5.10 Å². The number of nitrogens with one attached hydrogen (secondary N) is 1. The zero-order valence-corrected chi connectivity index (χ0v) is 13.6. The minimum absolute atomic E-state index is 0.163. The van der Waals surface area contributed by atoms with Crippen LogP contribution in [0.5, 0.6) is 11.5 Å². The molecule has 24 heavy (non-hydrogen) atoms. The summed E-state index contributed by atoms with van der Waals surface area (Å²) in [5.74, 6) is 3.23. The highest BCUT2D eigenvalue weighted by molar-refractivity contribution is 5.96. The largest absolute Gasteiger partial charge is 0.493 e. The first kappa shape index (κ1) is 17.1. The fourth-order valence-corrected chi connectivity index (χ4v) is 2.06. The summed E-state index contributed by atoms with van der Waals surface area (Å²) in [6.07, 6.45) is 6.70. The lowest BCUT2D eigenvalue weighted by Gasteiger charge is -2.09. The quantitative estimate of drug-likeness (QED) is 0.505. The molecule has 0 atom stereocenters. The number of carbonyl (C=O) groups excluding carboxylic acids is 1. The van der Waals surface area contributed by atoms with E-state index in [0.717, 1.165) is 11.1 Å². The van der Waals surface area contributed by atoms with Crippen LogP contribution in [0, 0.1) is 19.3 Å². The molecule has 122 valence electrons. The minimum atomic E-state index is -0.259. The Morgan fingerprint density at radius 3 is 2.79 bits per heavy atom. The Morgan fingerprint density at radius 1 is 1.29 bits per heavy atom. The molecule has 5 heteroatoms. The number of methoxy groups -OCH3 is 1. The molecule has 0 heterocycles. The number of carbonyl (C=O) groups is 1. The number of aryl methyl sites for hydroxylation is 1. The van der Waals surface area contributed by atoms with Crippen molar-refractivity contribution in [1.82, 2.24) is 5.43 Å². The Morgan fingerprint density at radius 2 is 2.08 bits per heavy atom. The Balaban J connectivity index is 2.05. The third kappa shape index (κ3) is 4.37. The van der Waals surface area contributed by atoms with E-state index >= 15 is 0 Å². The second-order valence-corrected chi connectivity index (χ2v) is 4.92. The lowest BCUT2D eigenvalue weighted by atomic mass is 10.1. The number of ether oxygens (including phenoxy) is 2. The summed E-state index contributed by atoms with van der Waals surface area (Å²) in [6, 6.07) is 12.6. The van der Waals surface area contributed by atoms with Crippen molar-refractivity contribution in [2.45, 2.75) is 6.92 Å². The van der Waals surface area contributed by atoms with Gasteiger partial charge in [0, 0.05) is 5.56 Å². The first-order chi connectivity index (χ1) is 11.7. The van der Waals surface area contributed by atoms with Crippen molar-refractivity contribution in [3.8, 4) is 23.8 Å². The summed E-state index contributed by atoms with van der Waals surface area (Å²) in [7, 11) is 1.54. The first-order valence-corrected chi connectivity index (χ1v) is 7.29. The van der Waals surface area contributed by atoms with Gasteiger partial charge in [0.05, 0.1) is 13.3 Å². The van der Waals surface area contributed by atoms with Crippen molar-refractivity contribution >= 4 is 12.1 Å². The summed E-state index contributed by atoms with van der Waals surface area (Å²) in [5.41, 5.74) is 4.74. The van der Waals surface area contributed by atoms with Gasteiger partial charge in [-0.25, -0.2) is 5.43 Å². The average Bonchev–Trinajstić information content (AvgIpc) is 2.60. The second-order valence-electron chi connectivity index (χ2n) is 4.92. The second kappa shape index (κ2) is 8.39. The normalized spacial score (nSPS) is 10.2. The summed E-state index contributed by atoms with van der Waals surface area (Å²) >= 11 is 0. The van der Waals surface area contributed by atoms with Gasteiger partial charge in [0.2, 0.25) is 0 Å². The monoisotopic (exact) mass is 322 g/mol. The van der Waals surface area contributed by atoms with E-state index in [4.69, 9.17) is 15.9 Å². The molecule has 0 saturated carbocycles. The van der Waals surface area contributed by atoms with Crippen LogP contribution >= 0.6 is 0 Å². The number of rotatable bonds is 6. The van der Waals surface area contributed by atoms with E-state index in [1.54, 1.807) is 31.4 Å². The van der Waals surface area contributed by atoms with E-state index in [9.17, 15) is 4.79 Å². The van der Waals surface area contributed by atoms with Crippen molar-refractivity contribution in [2.24, 2.45) is 5.10 Å². The summed E-state index contributed by atoms with van der Waals surface area (Å²) in [5, 5.41) is 3.97. The van der Waals surface area contributed by atoms with Crippen LogP contribution in [-0.2, 0) is 0 Å². The Labute approximate surface area is 141 Å². The molecule has 1 amide bonds. The molecule has 0 aromatic heterocycles. The third-order valence-corrected chi connectivity index (χ3v) is 3.27. The lowest BCUT2D eigenvalue weighted by molar-refractivity contribution is 0.0954. The Bertz CT molecular complexity index is 791. The highest BCUT2D eigenvalue weighted by atomic mass is 16.5. The maximum Gasteiger partial charge on any atom is 0.271 e. The predicted octanol–water partition coefficient (Wildman–Crippen LogP) is 2.78. The Hall–Kier alpha value is -3.26. The molecule has 0 spiro atoms. The molecular formula is C19H18N2O3. The van der Waals surface area contributed by atoms with Gasteiger partial charge in [-0.1, -0.05) is 24.1 Å². The van der Waals surface area contributed by atoms with Gasteiger partial charge in [0.25, 0.3) is 5.91 Å². The number of hydrogen-bond acceptors (Lipinski definition) is 4. The SMILES string of the molecule is C#CCOc1ccc(/C=N\NC(=O)c2ccccc2C)cc1OC. The molecular weight excluding hydrogens is 304 g/mol. The molecule has 1 N–H and O–H groups in total. The van der Waals surface area contributed by atoms with E-state index in [0.29, 0.717) is 17.1 Å². The van der Waals surface area contributed by atoms with Gasteiger partial charge in [-0.3, -0.25) is 4.79 Å². The highest BCUT2D eigenvalue weighted by Gasteiger charge is 2.07. The summed E-state index contributed by atoms with van der Waals surface area (Å²) in [4.78, 5) is 12.1. The molecule has 5 nitrogen and oxygen atoms in total. The van der Waals surface area contributed by atoms with Gasteiger partial charge in [0.15, 0.2) is 11.5 Å². The average molecular weight is 322 g/mol. The smallest absolute Gasteiger partial charge is 0.271 e. The summed E-state index contributed by atoms with van der Waals surface area (Å²) < 4.78 is 10.6. The number of amides is 1. The van der Waals surface area contributed by atoms with Crippen molar-refractivity contribution < 1.29 is 14.3 Å². The van der Waals surface area contributed by atoms with Gasteiger partial charge in [0.1, 0.15) is 6.61 Å². The predicted molar refractivity (Wildman–Crippen MR) is 93.6 cm³/mol. The van der Waals surface area contributed by atoms with E-state index in [-0.39, 0.29) is 12.5 Å². The van der Waals surface area contributed by atoms with Gasteiger partial charge in [-0.15, -0.1) is 6.42 Å². The first-order valence-electron chi connectivity index (χ1n) is 7.29. The van der Waals surface area contributed by atoms with E-state index in [1.807, 2.05) is 25.1 Å². The van der Waals surface area contributed by atoms with Crippen LogP contribution in [0.1, 0.15) is 21.5 Å². The fraction of sp³-hybridized carbons (Fsp3) is 0.158. The van der Waals surface area contributed by atoms with Crippen LogP contribution < -0.4 is 14.9 Å². The number of benzene rings is 2. The van der Waals surface area contributed by atoms with Gasteiger partial charge >= 0.3 is 0 Å². The molecule has 0 radical (unpaired) electrons. The minimum Gasteiger partial charge on any atom is -0.493 e. The highest BCUT2D eigenvalue weighted by Crippen LogP contribution is 2.27. The zero-order valence-electron chi connectivity index (χ0n) is 13.6. The summed E-state index contributed by atoms with van der Waals surface area (Å²) in [6.45, 7) is 2.04. The number of nitrogens with zero attached hydrogens (tertiary/aromatic N) is 1. The maximum absolute atomic E-state index is 12.1. The molecule has 0 saturated heterocycles. The molecule has 0 bridgehead atoms. The van der Waals surface area contributed by atoms with E-state index in [2.05, 4.69) is 16.4 Å². The van der Waals surface area contributed by atoms with Crippen molar-refractivity contribution in [3.05, 3.63) is 59.2 Å². The number of hydrazone groups is 1. The maximum atomic E-state index is 12.1. The molecule has 0 aliphatic rings. The van der Waals surface area contributed by atoms with Crippen LogP contribution in [0.3, 0.4) is 0 Å². The fourth-order valence-electron chi connectivity index (χ4n) is 2.06. The van der Waals surface area contributed by atoms with Crippen molar-refractivity contribution in [1.29, 1.82) is 0 Å². The standard InChI is InChI=1S/C19H18N2O3/c1-4-11-24-17-10-9-15(12-18(17)23-3)13-20-21-19(22)16-8-6-5-7-14(16)2/h1,5-10,12-13H,11H2,2-3H3,(H,21,22)/b20-13-. The number of hydrogen-bond donors (Lipinski definition) is 1. The van der Waals surface area contributed by atoms with E-state index in [1.165, 1.54) is 6.21 Å². The van der Waals surface area contributed by atoms with Crippen LogP contribution in [0.15, 0.2) is 47.6 Å². The Kier molecular flexibility index (Phi) is 5.98. The molecule has 0 fully saturated rings. The molecule has 2 aromatic rings. The van der Waals surface area contributed by atoms with Crippen molar-refractivity contribution in [2.75, 3.05) is 13.7 Å². The molecule has 0 unspecified atom stereocenters. The van der Waals surface area contributed by atoms with E-state index < -0.39 is 0 Å². The van der Waals surface area contributed by atoms with Crippen molar-refractivity contribution in [3.63, 3.8) is 0 Å². The van der Waals surface area contributed by atoms with Crippen LogP contribution in [0.4, 0.5) is 0 Å². The molecule has 2 aromatic carbocycles. The van der Waals surface area contributed by atoms with Crippen LogP contribution in [-0.4, -0.2) is 25.8 Å². The van der Waals surface area contributed by atoms with Crippen LogP contribution in [0.2, 0.25) is 0 Å². The third-order valence-electron chi connectivity index (χ3n) is 3.27. The topological polar surface area (TPSA) is 59.9 Å². The molecule has 0 aliphatic carbocycles. The van der Waals surface area contributed by atoms with Crippen LogP contribution in [0.25, 0.3) is 0 Å². The lowest BCUT2D eigenvalue weighted by Crippen LogP contribution is -2.18. The van der Waals surface area contributed by atoms with Gasteiger partial charge in [-0.05, 0) is 42.3 Å². The zero-order chi connectivity index (χ0) is 17.4. The van der Waals surface area contributed by atoms with Gasteiger partial charge < -0.3 is 9.47 Å². The molecule has 2 rings (SSSR count).